The summed E-state index contributed by atoms with van der Waals surface area (Å²) in [4.78, 5) is 64.3. The molecule has 0 aliphatic carbocycles. The minimum absolute atomic E-state index is 0.852. The summed E-state index contributed by atoms with van der Waals surface area (Å²) in [7, 11) is 0. The second-order valence-corrected chi connectivity index (χ2v) is 32.2. The van der Waals surface area contributed by atoms with E-state index in [-0.39, 0.29) is 0 Å². The van der Waals surface area contributed by atoms with E-state index < -0.39 is 408 Å². The number of aliphatic hydroxyl groups excluding tert-OH is 29. The molecule has 0 radical (unpaired) electrons. The number of aliphatic hydroxyl groups is 29. The molecule has 50 atom stereocenters. The number of carboxylic acid groups (broad SMARTS) is 1. The first-order valence-electron chi connectivity index (χ1n) is 40.5. The summed E-state index contributed by atoms with van der Waals surface area (Å²) in [6.07, 6.45) is -99.3. The first-order chi connectivity index (χ1) is 60.3. The van der Waals surface area contributed by atoms with Crippen molar-refractivity contribution in [1.29, 1.82) is 0 Å². The largest absolute Gasteiger partial charge is 0.477 e. The Morgan fingerprint density at radius 3 is 1.27 bits per heavy atom. The van der Waals surface area contributed by atoms with Crippen LogP contribution in [0.3, 0.4) is 0 Å². The molecule has 0 aromatic heterocycles. The lowest BCUT2D eigenvalue weighted by Crippen LogP contribution is -2.71. The van der Waals surface area contributed by atoms with Gasteiger partial charge in [-0.3, -0.25) is 19.2 Å². The molecule has 4 amide bonds. The minimum atomic E-state index is -3.32. The van der Waals surface area contributed by atoms with Gasteiger partial charge in [0, 0.05) is 34.1 Å². The number of amides is 4. The zero-order chi connectivity index (χ0) is 95.0. The molecule has 9 rings (SSSR count). The lowest BCUT2D eigenvalue weighted by Gasteiger charge is -2.51. The van der Waals surface area contributed by atoms with Gasteiger partial charge in [-0.2, -0.15) is 0 Å². The lowest BCUT2D eigenvalue weighted by molar-refractivity contribution is -0.399. The quantitative estimate of drug-likeness (QED) is 0.0273. The molecule has 0 aromatic rings. The van der Waals surface area contributed by atoms with Crippen molar-refractivity contribution in [3.8, 4) is 0 Å². The maximum atomic E-state index is 13.3. The molecule has 34 N–H and O–H groups in total. The Morgan fingerprint density at radius 1 is 0.375 bits per heavy atom. The summed E-state index contributed by atoms with van der Waals surface area (Å²) in [6, 6.07) is -7.76. The Bertz CT molecular complexity index is 3480. The van der Waals surface area contributed by atoms with Crippen molar-refractivity contribution in [3.05, 3.63) is 0 Å². The highest BCUT2D eigenvalue weighted by Gasteiger charge is 2.63. The molecule has 742 valence electrons. The van der Waals surface area contributed by atoms with Crippen molar-refractivity contribution >= 4 is 29.6 Å². The summed E-state index contributed by atoms with van der Waals surface area (Å²) in [5, 5.41) is 343. The third-order valence-electron chi connectivity index (χ3n) is 23.0. The van der Waals surface area contributed by atoms with Crippen LogP contribution in [-0.2, 0) is 109 Å². The van der Waals surface area contributed by atoms with E-state index >= 15 is 0 Å². The standard InChI is InChI=1S/C71H120N4O53/c1-17-36(90)46(100)50(104)64(114-17)111-14-25(89)55(37(91)22(7-76)72-18(2)83)122-62-34(74-20(4)85)44(98)56(29(12-81)118-62)123-67-53(107)59(43(97)32(121-67)16-113-66-52(106)48(102)41(95)31(120-66)15-112-65-51(105)47(101)39(93)26(9-78)115-65)125-69-61(49(103)40(94)27(10-79)117-69)126-63-35(75-21(5)86)45(99)57(30(13-82)119-63)124-68-54(108)60(42(96)28(11-80)116-68)128-71(70(109)110)6-23(87)33(73-19(3)84)58(127-71)38(92)24(88)8-77/h17,22-69,76-82,87-108H,6-16H2,1-5H3,(H,72,83)(H,73,84)(H,74,85)(H,75,86)(H,109,110)/t17-,22-,23-,24+,25+,26+,27+,28+,29+,30+,31+,32+,33+,34+,35+,36+,37+,38+,39+,40+,41+,42-,43+,44+,45+,46+,47-,48-,49-,50-,51-,52-,53-,54+,55+,56+,57+,58+,59-,60-,61-,62-,63-,64+,65-,66-,67-,68-,69+,71-/m0/s1. The van der Waals surface area contributed by atoms with Crippen LogP contribution < -0.4 is 21.3 Å². The Hall–Kier alpha value is -4.53. The second-order valence-electron chi connectivity index (χ2n) is 32.2. The average molecular weight is 1880 g/mol. The van der Waals surface area contributed by atoms with Crippen LogP contribution in [0.1, 0.15) is 41.0 Å². The first kappa shape index (κ1) is 107. The lowest BCUT2D eigenvalue weighted by atomic mass is 9.88. The van der Waals surface area contributed by atoms with Crippen molar-refractivity contribution < 1.29 is 262 Å². The molecule has 57 heteroatoms. The Labute approximate surface area is 724 Å². The van der Waals surface area contributed by atoms with Crippen LogP contribution in [0.2, 0.25) is 0 Å². The van der Waals surface area contributed by atoms with Gasteiger partial charge >= 0.3 is 5.97 Å². The van der Waals surface area contributed by atoms with E-state index in [4.69, 9.17) is 85.3 Å². The van der Waals surface area contributed by atoms with Gasteiger partial charge in [0.05, 0.1) is 90.4 Å². The van der Waals surface area contributed by atoms with Gasteiger partial charge in [-0.25, -0.2) is 4.79 Å². The highest BCUT2D eigenvalue weighted by atomic mass is 16.8. The fraction of sp³-hybridized carbons (Fsp3) is 0.930. The minimum Gasteiger partial charge on any atom is -0.477 e. The molecule has 0 bridgehead atoms. The molecule has 0 unspecified atom stereocenters. The van der Waals surface area contributed by atoms with E-state index in [1.54, 1.807) is 0 Å². The van der Waals surface area contributed by atoms with E-state index in [1.165, 1.54) is 6.92 Å². The van der Waals surface area contributed by atoms with Gasteiger partial charge in [-0.15, -0.1) is 0 Å². The van der Waals surface area contributed by atoms with Crippen LogP contribution in [0.25, 0.3) is 0 Å². The second kappa shape index (κ2) is 46.8. The molecule has 128 heavy (non-hydrogen) atoms. The van der Waals surface area contributed by atoms with Gasteiger partial charge in [0.15, 0.2) is 50.3 Å². The third-order valence-corrected chi connectivity index (χ3v) is 23.0. The summed E-state index contributed by atoms with van der Waals surface area (Å²) in [6.45, 7) is -6.67. The van der Waals surface area contributed by atoms with Crippen LogP contribution in [0.15, 0.2) is 0 Å². The van der Waals surface area contributed by atoms with E-state index in [1.807, 2.05) is 0 Å². The molecule has 9 heterocycles. The number of carbonyl (C=O) groups excluding carboxylic acids is 4. The average Bonchev–Trinajstić information content (AvgIpc) is 0.739. The van der Waals surface area contributed by atoms with Crippen molar-refractivity contribution in [2.75, 3.05) is 66.1 Å². The molecule has 57 nitrogen and oxygen atoms in total. The first-order valence-corrected chi connectivity index (χ1v) is 40.5. The van der Waals surface area contributed by atoms with Gasteiger partial charge in [0.25, 0.3) is 5.79 Å². The summed E-state index contributed by atoms with van der Waals surface area (Å²) in [5.41, 5.74) is 0. The normalized spacial score (nSPS) is 45.8. The molecule has 9 saturated heterocycles. The molecular weight excluding hydrogens is 1760 g/mol. The number of carbonyl (C=O) groups is 5. The monoisotopic (exact) mass is 1880 g/mol. The molecular formula is C71H120N4O53. The fourth-order valence-corrected chi connectivity index (χ4v) is 16.0. The third kappa shape index (κ3) is 24.3. The number of ether oxygens (including phenoxy) is 18. The van der Waals surface area contributed by atoms with Gasteiger partial charge in [-0.05, 0) is 6.92 Å². The van der Waals surface area contributed by atoms with Gasteiger partial charge in [-0.1, -0.05) is 0 Å². The summed E-state index contributed by atoms with van der Waals surface area (Å²) in [5.74, 6) is -9.37. The fourth-order valence-electron chi connectivity index (χ4n) is 16.0. The van der Waals surface area contributed by atoms with Crippen molar-refractivity contribution in [2.45, 2.75) is 347 Å². The zero-order valence-electron chi connectivity index (χ0n) is 68.9. The van der Waals surface area contributed by atoms with Gasteiger partial charge in [0.2, 0.25) is 23.6 Å². The maximum Gasteiger partial charge on any atom is 0.364 e. The molecule has 9 fully saturated rings. The Balaban J connectivity index is 1.03. The number of carboxylic acids is 1. The smallest absolute Gasteiger partial charge is 0.364 e. The number of aliphatic carboxylic acids is 1. The van der Waals surface area contributed by atoms with Crippen molar-refractivity contribution in [2.24, 2.45) is 0 Å². The van der Waals surface area contributed by atoms with Crippen molar-refractivity contribution in [1.82, 2.24) is 21.3 Å². The van der Waals surface area contributed by atoms with Gasteiger partial charge in [0.1, 0.15) is 226 Å². The molecule has 9 aliphatic rings. The topological polar surface area (TPSA) is 907 Å². The van der Waals surface area contributed by atoms with Crippen LogP contribution in [0, 0.1) is 0 Å². The van der Waals surface area contributed by atoms with Crippen LogP contribution in [0.4, 0.5) is 0 Å². The number of hydrogen-bond donors (Lipinski definition) is 34. The highest BCUT2D eigenvalue weighted by molar-refractivity contribution is 5.77. The number of rotatable bonds is 38. The Kier molecular flexibility index (Phi) is 39.2. The van der Waals surface area contributed by atoms with Crippen LogP contribution in [-0.4, -0.2) is 555 Å². The summed E-state index contributed by atoms with van der Waals surface area (Å²) >= 11 is 0. The molecule has 0 aromatic carbocycles. The zero-order valence-corrected chi connectivity index (χ0v) is 68.9. The molecule has 0 spiro atoms. The summed E-state index contributed by atoms with van der Waals surface area (Å²) < 4.78 is 105. The molecule has 0 saturated carbocycles. The van der Waals surface area contributed by atoms with E-state index in [9.17, 15) is 177 Å². The predicted molar refractivity (Wildman–Crippen MR) is 394 cm³/mol. The maximum absolute atomic E-state index is 13.3. The number of hydrogen-bond acceptors (Lipinski definition) is 52. The SMILES string of the molecule is CC(=O)N[C@H]1[C@H](O[C@@H]([C@H](O)[C@H](CO)NC(C)=O)[C@H](O)CO[C@@H]2O[C@@H](C)[C@@H](O)[C@@H](O)[C@@H]2O)O[C@H](CO)[C@@H](O[C@@H]2O[C@H](CO[C@H]3O[C@H](CO[C@H]4O[C@H](CO)[C@@H](O)[C@H](O)[C@@H]4O)[C@@H](O)[C@H](O)[C@@H]3O)[C@@H](O)[C@H](O[C@H]3O[C@H](CO)[C@@H](O)[C@H](O)[C@@H]3O[C@@H]3O[C@H](CO)[C@@H](O[C@@H]4O[C@H](CO)[C@H](O)[C@H](O[C@]5(C(=O)O)C[C@H](O)[C@@H](NC(C)=O)[C@H]([C@H](O)[C@H](O)CO)O5)[C@H]4O)[C@H](O)[C@H]3NC(C)=O)[C@@H]2O)[C@@H]1O. The van der Waals surface area contributed by atoms with Crippen molar-refractivity contribution in [3.63, 3.8) is 0 Å². The number of nitrogens with one attached hydrogen (secondary N) is 4. The van der Waals surface area contributed by atoms with E-state index in [0.717, 1.165) is 27.7 Å². The van der Waals surface area contributed by atoms with Crippen LogP contribution >= 0.6 is 0 Å². The predicted octanol–water partition coefficient (Wildman–Crippen LogP) is -22.4. The van der Waals surface area contributed by atoms with Crippen LogP contribution in [0.5, 0.6) is 0 Å². The van der Waals surface area contributed by atoms with E-state index in [0.29, 0.717) is 0 Å². The Morgan fingerprint density at radius 2 is 0.773 bits per heavy atom. The molecule has 9 aliphatic heterocycles. The van der Waals surface area contributed by atoms with Gasteiger partial charge < -0.3 is 260 Å². The van der Waals surface area contributed by atoms with E-state index in [2.05, 4.69) is 21.3 Å². The highest BCUT2D eigenvalue weighted by Crippen LogP contribution is 2.42.